The van der Waals surface area contributed by atoms with Crippen LogP contribution in [0.15, 0.2) is 48.1 Å². The highest BCUT2D eigenvalue weighted by molar-refractivity contribution is 7.09. The van der Waals surface area contributed by atoms with Crippen molar-refractivity contribution in [2.24, 2.45) is 0 Å². The molecule has 1 amide bonds. The number of thiazole rings is 1. The summed E-state index contributed by atoms with van der Waals surface area (Å²) in [5.74, 6) is 0.498. The Morgan fingerprint density at radius 3 is 2.79 bits per heavy atom. The van der Waals surface area contributed by atoms with Gasteiger partial charge in [-0.1, -0.05) is 17.7 Å². The number of hydrogen-bond donors (Lipinski definition) is 1. The molecule has 0 fully saturated rings. The lowest BCUT2D eigenvalue weighted by Gasteiger charge is -2.07. The normalized spacial score (nSPS) is 11.2. The first-order chi connectivity index (χ1) is 14.0. The van der Waals surface area contributed by atoms with Crippen LogP contribution in [0.25, 0.3) is 11.0 Å². The second-order valence-electron chi connectivity index (χ2n) is 7.00. The fraction of sp³-hybridized carbons (Fsp3) is 0.238. The van der Waals surface area contributed by atoms with E-state index in [1.165, 1.54) is 16.9 Å². The minimum absolute atomic E-state index is 0.219. The van der Waals surface area contributed by atoms with Crippen LogP contribution in [0.2, 0.25) is 0 Å². The van der Waals surface area contributed by atoms with Gasteiger partial charge in [-0.3, -0.25) is 4.79 Å². The molecule has 3 aromatic heterocycles. The number of fused-ring (bicyclic) bond motifs is 1. The van der Waals surface area contributed by atoms with Crippen molar-refractivity contribution in [3.63, 3.8) is 0 Å². The molecule has 1 N–H and O–H groups in total. The van der Waals surface area contributed by atoms with Crippen LogP contribution in [0.3, 0.4) is 0 Å². The summed E-state index contributed by atoms with van der Waals surface area (Å²) in [6.45, 7) is 6.44. The molecule has 0 spiro atoms. The Hall–Kier alpha value is -3.26. The number of rotatable bonds is 6. The number of carbonyl (C=O) groups is 1. The second-order valence-corrected chi connectivity index (χ2v) is 7.94. The molecule has 1 aromatic carbocycles. The molecule has 148 valence electrons. The highest BCUT2D eigenvalue weighted by atomic mass is 32.1. The standard InChI is InChI=1S/C21H21N5O2S/c1-13(2)26-20-15(9-23-26)8-16(10-22-20)24-21(27)18-12-29-19(25-18)11-28-17-6-4-14(3)5-7-17/h4-10,12-13H,11H2,1-3H3,(H,24,27). The van der Waals surface area contributed by atoms with Crippen LogP contribution < -0.4 is 10.1 Å². The lowest BCUT2D eigenvalue weighted by Crippen LogP contribution is -2.13. The zero-order valence-electron chi connectivity index (χ0n) is 16.4. The summed E-state index contributed by atoms with van der Waals surface area (Å²) >= 11 is 1.39. The maximum atomic E-state index is 12.5. The molecule has 4 aromatic rings. The summed E-state index contributed by atoms with van der Waals surface area (Å²) in [5, 5.41) is 10.5. The van der Waals surface area contributed by atoms with E-state index >= 15 is 0 Å². The van der Waals surface area contributed by atoms with Crippen molar-refractivity contribution in [3.05, 3.63) is 64.4 Å². The SMILES string of the molecule is Cc1ccc(OCc2nc(C(=O)Nc3cnc4c(cnn4C(C)C)c3)cs2)cc1. The first kappa shape index (κ1) is 19.1. The van der Waals surface area contributed by atoms with Gasteiger partial charge in [0.2, 0.25) is 0 Å². The molecule has 0 atom stereocenters. The molecule has 0 unspecified atom stereocenters. The van der Waals surface area contributed by atoms with Gasteiger partial charge in [-0.15, -0.1) is 11.3 Å². The van der Waals surface area contributed by atoms with Crippen LogP contribution >= 0.6 is 11.3 Å². The van der Waals surface area contributed by atoms with E-state index in [-0.39, 0.29) is 11.9 Å². The predicted molar refractivity (Wildman–Crippen MR) is 113 cm³/mol. The third kappa shape index (κ3) is 4.27. The van der Waals surface area contributed by atoms with E-state index in [1.807, 2.05) is 55.8 Å². The fourth-order valence-corrected chi connectivity index (χ4v) is 3.53. The van der Waals surface area contributed by atoms with Crippen molar-refractivity contribution >= 4 is 34.0 Å². The smallest absolute Gasteiger partial charge is 0.275 e. The molecule has 0 bridgehead atoms. The Morgan fingerprint density at radius 2 is 2.03 bits per heavy atom. The van der Waals surface area contributed by atoms with Crippen molar-refractivity contribution in [2.75, 3.05) is 5.32 Å². The van der Waals surface area contributed by atoms with Gasteiger partial charge in [0.15, 0.2) is 5.65 Å². The van der Waals surface area contributed by atoms with Crippen molar-refractivity contribution in [1.29, 1.82) is 0 Å². The van der Waals surface area contributed by atoms with E-state index in [1.54, 1.807) is 17.8 Å². The number of pyridine rings is 1. The minimum atomic E-state index is -0.278. The number of nitrogens with zero attached hydrogens (tertiary/aromatic N) is 4. The number of amides is 1. The summed E-state index contributed by atoms with van der Waals surface area (Å²) in [6, 6.07) is 9.90. The first-order valence-corrected chi connectivity index (χ1v) is 10.2. The van der Waals surface area contributed by atoms with Gasteiger partial charge in [-0.05, 0) is 39.0 Å². The summed E-state index contributed by atoms with van der Waals surface area (Å²) in [6.07, 6.45) is 3.38. The van der Waals surface area contributed by atoms with E-state index < -0.39 is 0 Å². The minimum Gasteiger partial charge on any atom is -0.486 e. The van der Waals surface area contributed by atoms with E-state index in [0.29, 0.717) is 18.0 Å². The van der Waals surface area contributed by atoms with Gasteiger partial charge in [-0.2, -0.15) is 5.10 Å². The Kier molecular flexibility index (Phi) is 5.26. The van der Waals surface area contributed by atoms with Crippen LogP contribution in [0.5, 0.6) is 5.75 Å². The van der Waals surface area contributed by atoms with Gasteiger partial charge >= 0.3 is 0 Å². The molecule has 3 heterocycles. The molecule has 0 saturated carbocycles. The number of benzene rings is 1. The highest BCUT2D eigenvalue weighted by Gasteiger charge is 2.13. The van der Waals surface area contributed by atoms with Crippen LogP contribution in [-0.4, -0.2) is 25.7 Å². The van der Waals surface area contributed by atoms with Gasteiger partial charge in [0, 0.05) is 16.8 Å². The van der Waals surface area contributed by atoms with Crippen molar-refractivity contribution in [3.8, 4) is 5.75 Å². The molecule has 0 aliphatic heterocycles. The van der Waals surface area contributed by atoms with Crippen LogP contribution in [0, 0.1) is 6.92 Å². The molecule has 0 saturated heterocycles. The van der Waals surface area contributed by atoms with Crippen molar-refractivity contribution in [2.45, 2.75) is 33.4 Å². The van der Waals surface area contributed by atoms with Crippen LogP contribution in [0.1, 0.15) is 40.9 Å². The molecule has 4 rings (SSSR count). The van der Waals surface area contributed by atoms with Crippen LogP contribution in [-0.2, 0) is 6.61 Å². The molecule has 8 heteroatoms. The summed E-state index contributed by atoms with van der Waals surface area (Å²) in [5.41, 5.74) is 2.93. The first-order valence-electron chi connectivity index (χ1n) is 9.28. The summed E-state index contributed by atoms with van der Waals surface area (Å²) in [4.78, 5) is 21.3. The van der Waals surface area contributed by atoms with Gasteiger partial charge in [0.1, 0.15) is 23.1 Å². The lowest BCUT2D eigenvalue weighted by molar-refractivity contribution is 0.102. The van der Waals surface area contributed by atoms with Gasteiger partial charge in [-0.25, -0.2) is 14.6 Å². The second kappa shape index (κ2) is 8.00. The molecule has 0 aliphatic rings. The maximum absolute atomic E-state index is 12.5. The number of hydrogen-bond acceptors (Lipinski definition) is 6. The van der Waals surface area contributed by atoms with Gasteiger partial charge in [0.05, 0.1) is 18.1 Å². The molecule has 0 aliphatic carbocycles. The van der Waals surface area contributed by atoms with Crippen molar-refractivity contribution in [1.82, 2.24) is 19.7 Å². The monoisotopic (exact) mass is 407 g/mol. The van der Waals surface area contributed by atoms with Gasteiger partial charge < -0.3 is 10.1 Å². The van der Waals surface area contributed by atoms with Crippen LogP contribution in [0.4, 0.5) is 5.69 Å². The quantitative estimate of drug-likeness (QED) is 0.505. The molecular formula is C21H21N5O2S. The third-order valence-electron chi connectivity index (χ3n) is 4.35. The summed E-state index contributed by atoms with van der Waals surface area (Å²) in [7, 11) is 0. The largest absolute Gasteiger partial charge is 0.486 e. The third-order valence-corrected chi connectivity index (χ3v) is 5.17. The highest BCUT2D eigenvalue weighted by Crippen LogP contribution is 2.20. The number of carbonyl (C=O) groups excluding carboxylic acids is 1. The molecule has 29 heavy (non-hydrogen) atoms. The molecule has 0 radical (unpaired) electrons. The number of nitrogens with one attached hydrogen (secondary N) is 1. The molecule has 7 nitrogen and oxygen atoms in total. The fourth-order valence-electron chi connectivity index (χ4n) is 2.84. The van der Waals surface area contributed by atoms with E-state index in [9.17, 15) is 4.79 Å². The average molecular weight is 407 g/mol. The maximum Gasteiger partial charge on any atom is 0.275 e. The van der Waals surface area contributed by atoms with E-state index in [4.69, 9.17) is 4.74 Å². The zero-order valence-corrected chi connectivity index (χ0v) is 17.2. The predicted octanol–water partition coefficient (Wildman–Crippen LogP) is 4.61. The Labute approximate surface area is 172 Å². The number of aromatic nitrogens is 4. The Balaban J connectivity index is 1.41. The average Bonchev–Trinajstić information content (AvgIpc) is 3.34. The van der Waals surface area contributed by atoms with E-state index in [2.05, 4.69) is 20.4 Å². The Morgan fingerprint density at radius 1 is 1.24 bits per heavy atom. The van der Waals surface area contributed by atoms with E-state index in [0.717, 1.165) is 21.8 Å². The number of aryl methyl sites for hydroxylation is 1. The lowest BCUT2D eigenvalue weighted by atomic mass is 10.2. The topological polar surface area (TPSA) is 81.9 Å². The zero-order chi connectivity index (χ0) is 20.4. The van der Waals surface area contributed by atoms with Gasteiger partial charge in [0.25, 0.3) is 5.91 Å². The number of anilines is 1. The number of ether oxygens (including phenoxy) is 1. The Bertz CT molecular complexity index is 1150. The van der Waals surface area contributed by atoms with Crippen molar-refractivity contribution < 1.29 is 9.53 Å². The summed E-state index contributed by atoms with van der Waals surface area (Å²) < 4.78 is 7.57. The molecular weight excluding hydrogens is 386 g/mol.